The van der Waals surface area contributed by atoms with E-state index in [0.29, 0.717) is 5.75 Å². The Morgan fingerprint density at radius 2 is 1.89 bits per heavy atom. The van der Waals surface area contributed by atoms with Gasteiger partial charge in [0, 0.05) is 12.0 Å². The third-order valence-electron chi connectivity index (χ3n) is 2.58. The summed E-state index contributed by atoms with van der Waals surface area (Å²) in [6.07, 6.45) is -7.16. The molecule has 0 aliphatic carbocycles. The highest BCUT2D eigenvalue weighted by Gasteiger charge is 2.29. The van der Waals surface area contributed by atoms with Crippen molar-refractivity contribution in [3.63, 3.8) is 0 Å². The number of alkyl halides is 3. The molecule has 0 bridgehead atoms. The van der Waals surface area contributed by atoms with Crippen molar-refractivity contribution < 1.29 is 27.8 Å². The Morgan fingerprint density at radius 1 is 1.26 bits per heavy atom. The Balaban J connectivity index is 2.97. The van der Waals surface area contributed by atoms with Crippen LogP contribution in [-0.2, 0) is 0 Å². The lowest BCUT2D eigenvalue weighted by molar-refractivity contribution is -0.140. The van der Waals surface area contributed by atoms with Gasteiger partial charge in [-0.25, -0.2) is 0 Å². The molecule has 19 heavy (non-hydrogen) atoms. The quantitative estimate of drug-likeness (QED) is 0.900. The molecule has 0 fully saturated rings. The van der Waals surface area contributed by atoms with E-state index in [0.717, 1.165) is 0 Å². The van der Waals surface area contributed by atoms with Crippen LogP contribution in [0.25, 0.3) is 0 Å². The van der Waals surface area contributed by atoms with Gasteiger partial charge >= 0.3 is 6.18 Å². The minimum absolute atomic E-state index is 0.119. The van der Waals surface area contributed by atoms with Crippen LogP contribution in [0, 0.1) is 0 Å². The van der Waals surface area contributed by atoms with Crippen molar-refractivity contribution in [2.24, 2.45) is 0 Å². The van der Waals surface area contributed by atoms with E-state index < -0.39 is 25.1 Å². The molecule has 1 aromatic carbocycles. The second-order valence-electron chi connectivity index (χ2n) is 3.87. The lowest BCUT2D eigenvalue weighted by Crippen LogP contribution is -2.10. The van der Waals surface area contributed by atoms with Crippen LogP contribution in [0.15, 0.2) is 12.1 Å². The van der Waals surface area contributed by atoms with Gasteiger partial charge in [-0.05, 0) is 18.6 Å². The Hall–Kier alpha value is -1.14. The van der Waals surface area contributed by atoms with E-state index in [9.17, 15) is 18.3 Å². The van der Waals surface area contributed by atoms with Crippen LogP contribution in [0.4, 0.5) is 13.2 Å². The van der Waals surface area contributed by atoms with Gasteiger partial charge in [0.2, 0.25) is 0 Å². The first-order valence-electron chi connectivity index (χ1n) is 5.45. The van der Waals surface area contributed by atoms with E-state index in [2.05, 4.69) is 0 Å². The molecule has 1 aromatic rings. The van der Waals surface area contributed by atoms with Gasteiger partial charge in [-0.3, -0.25) is 0 Å². The second-order valence-corrected chi connectivity index (χ2v) is 4.25. The molecular weight excluding hydrogens is 285 g/mol. The summed E-state index contributed by atoms with van der Waals surface area (Å²) in [5, 5.41) is 9.92. The number of ether oxygens (including phenoxy) is 2. The molecule has 0 amide bonds. The van der Waals surface area contributed by atoms with Crippen molar-refractivity contribution in [3.8, 4) is 11.5 Å². The van der Waals surface area contributed by atoms with Crippen LogP contribution >= 0.6 is 11.6 Å². The van der Waals surface area contributed by atoms with E-state index >= 15 is 0 Å². The monoisotopic (exact) mass is 298 g/mol. The molecule has 0 saturated heterocycles. The van der Waals surface area contributed by atoms with Crippen molar-refractivity contribution in [1.82, 2.24) is 0 Å². The van der Waals surface area contributed by atoms with Crippen LogP contribution in [0.1, 0.15) is 24.5 Å². The van der Waals surface area contributed by atoms with Crippen LogP contribution in [-0.4, -0.2) is 25.5 Å². The van der Waals surface area contributed by atoms with Gasteiger partial charge in [-0.2, -0.15) is 13.2 Å². The summed E-state index contributed by atoms with van der Waals surface area (Å²) in [6, 6.07) is 2.90. The molecule has 0 saturated carbocycles. The molecule has 3 nitrogen and oxygen atoms in total. The number of rotatable bonds is 5. The molecular formula is C12H14ClF3O3. The predicted octanol–water partition coefficient (Wildman–Crippen LogP) is 3.73. The predicted molar refractivity (Wildman–Crippen MR) is 64.8 cm³/mol. The van der Waals surface area contributed by atoms with Crippen molar-refractivity contribution in [1.29, 1.82) is 0 Å². The number of halogens is 4. The summed E-state index contributed by atoms with van der Waals surface area (Å²) in [6.45, 7) is 0. The Morgan fingerprint density at radius 3 is 2.37 bits per heavy atom. The molecule has 1 atom stereocenters. The zero-order chi connectivity index (χ0) is 14.6. The third kappa shape index (κ3) is 4.18. The highest BCUT2D eigenvalue weighted by Crippen LogP contribution is 2.41. The minimum Gasteiger partial charge on any atom is -0.495 e. The summed E-state index contributed by atoms with van der Waals surface area (Å²) in [4.78, 5) is 0. The van der Waals surface area contributed by atoms with E-state index in [1.165, 1.54) is 26.4 Å². The summed E-state index contributed by atoms with van der Waals surface area (Å²) in [7, 11) is 2.72. The number of hydrogen-bond acceptors (Lipinski definition) is 3. The van der Waals surface area contributed by atoms with Gasteiger partial charge in [0.15, 0.2) is 0 Å². The number of aliphatic hydroxyl groups excluding tert-OH is 1. The topological polar surface area (TPSA) is 38.7 Å². The molecule has 0 aliphatic heterocycles. The molecule has 0 radical (unpaired) electrons. The van der Waals surface area contributed by atoms with Gasteiger partial charge < -0.3 is 14.6 Å². The number of methoxy groups -OCH3 is 2. The van der Waals surface area contributed by atoms with Crippen molar-refractivity contribution in [2.45, 2.75) is 25.1 Å². The maximum Gasteiger partial charge on any atom is 0.389 e. The lowest BCUT2D eigenvalue weighted by Gasteiger charge is -2.18. The lowest BCUT2D eigenvalue weighted by atomic mass is 10.0. The van der Waals surface area contributed by atoms with Crippen LogP contribution in [0.5, 0.6) is 11.5 Å². The molecule has 1 unspecified atom stereocenters. The van der Waals surface area contributed by atoms with Crippen LogP contribution < -0.4 is 9.47 Å². The highest BCUT2D eigenvalue weighted by molar-refractivity contribution is 6.33. The Bertz CT molecular complexity index is 435. The van der Waals surface area contributed by atoms with Gasteiger partial charge in [-0.15, -0.1) is 0 Å². The maximum absolute atomic E-state index is 12.1. The second kappa shape index (κ2) is 6.34. The number of aliphatic hydroxyl groups is 1. The summed E-state index contributed by atoms with van der Waals surface area (Å²) in [5.41, 5.74) is 0.206. The number of benzene rings is 1. The first-order chi connectivity index (χ1) is 8.80. The van der Waals surface area contributed by atoms with E-state index in [1.54, 1.807) is 0 Å². The fraction of sp³-hybridized carbons (Fsp3) is 0.500. The Kier molecular flexibility index (Phi) is 5.31. The van der Waals surface area contributed by atoms with Crippen LogP contribution in [0.2, 0.25) is 5.02 Å². The van der Waals surface area contributed by atoms with Gasteiger partial charge in [0.05, 0.1) is 20.3 Å². The van der Waals surface area contributed by atoms with E-state index in [-0.39, 0.29) is 16.3 Å². The van der Waals surface area contributed by atoms with E-state index in [4.69, 9.17) is 21.1 Å². The normalized spacial score (nSPS) is 13.2. The van der Waals surface area contributed by atoms with Gasteiger partial charge in [0.25, 0.3) is 0 Å². The average molecular weight is 299 g/mol. The summed E-state index contributed by atoms with van der Waals surface area (Å²) >= 11 is 5.97. The summed E-state index contributed by atoms with van der Waals surface area (Å²) in [5.74, 6) is 0.445. The fourth-order valence-electron chi connectivity index (χ4n) is 1.64. The zero-order valence-electron chi connectivity index (χ0n) is 10.4. The van der Waals surface area contributed by atoms with Crippen molar-refractivity contribution in [3.05, 3.63) is 22.7 Å². The third-order valence-corrected chi connectivity index (χ3v) is 2.93. The largest absolute Gasteiger partial charge is 0.495 e. The smallest absolute Gasteiger partial charge is 0.389 e. The highest BCUT2D eigenvalue weighted by atomic mass is 35.5. The Labute approximate surface area is 113 Å². The summed E-state index contributed by atoms with van der Waals surface area (Å²) < 4.78 is 46.4. The number of hydrogen-bond donors (Lipinski definition) is 1. The first kappa shape index (κ1) is 15.9. The standard InChI is InChI=1S/C12H14ClF3O3/c1-18-9-4-3-7(11(19-2)10(9)13)8(17)5-6-12(14,15)16/h3-4,8,17H,5-6H2,1-2H3. The van der Waals surface area contributed by atoms with E-state index in [1.807, 2.05) is 0 Å². The fourth-order valence-corrected chi connectivity index (χ4v) is 1.96. The molecule has 1 rings (SSSR count). The van der Waals surface area contributed by atoms with Gasteiger partial charge in [-0.1, -0.05) is 11.6 Å². The SMILES string of the molecule is COc1ccc(C(O)CCC(F)(F)F)c(OC)c1Cl. The van der Waals surface area contributed by atoms with Gasteiger partial charge in [0.1, 0.15) is 16.5 Å². The molecule has 108 valence electrons. The molecule has 1 N–H and O–H groups in total. The first-order valence-corrected chi connectivity index (χ1v) is 5.83. The molecule has 0 heterocycles. The minimum atomic E-state index is -4.31. The van der Waals surface area contributed by atoms with Crippen LogP contribution in [0.3, 0.4) is 0 Å². The molecule has 0 aliphatic rings. The molecule has 0 spiro atoms. The van der Waals surface area contributed by atoms with Crippen molar-refractivity contribution in [2.75, 3.05) is 14.2 Å². The van der Waals surface area contributed by atoms with Crippen molar-refractivity contribution >= 4 is 11.6 Å². The molecule has 7 heteroatoms. The maximum atomic E-state index is 12.1. The molecule has 0 aromatic heterocycles. The zero-order valence-corrected chi connectivity index (χ0v) is 11.2. The average Bonchev–Trinajstić information content (AvgIpc) is 2.34.